The van der Waals surface area contributed by atoms with Gasteiger partial charge in [-0.2, -0.15) is 0 Å². The Morgan fingerprint density at radius 1 is 0.914 bits per heavy atom. The lowest BCUT2D eigenvalue weighted by atomic mass is 10.1. The molecule has 0 radical (unpaired) electrons. The molecule has 1 amide bonds. The topological polar surface area (TPSA) is 93.2 Å². The van der Waals surface area contributed by atoms with E-state index < -0.39 is 5.69 Å². The van der Waals surface area contributed by atoms with Crippen LogP contribution in [0.15, 0.2) is 94.5 Å². The van der Waals surface area contributed by atoms with Gasteiger partial charge in [-0.15, -0.1) is 0 Å². The predicted octanol–water partition coefficient (Wildman–Crippen LogP) is 4.59. The fraction of sp³-hybridized carbons (Fsp3) is 0.107. The van der Waals surface area contributed by atoms with E-state index in [0.717, 1.165) is 26.7 Å². The van der Waals surface area contributed by atoms with Crippen molar-refractivity contribution in [2.75, 3.05) is 0 Å². The number of H-pyrrole nitrogens is 1. The second-order valence-electron chi connectivity index (χ2n) is 8.15. The number of ether oxygens (including phenoxy) is 1. The normalized spacial score (nSPS) is 11.0. The Morgan fingerprint density at radius 3 is 2.57 bits per heavy atom. The minimum absolute atomic E-state index is 0.273. The smallest absolute Gasteiger partial charge is 0.328 e. The third kappa shape index (κ3) is 4.44. The van der Waals surface area contributed by atoms with Crippen molar-refractivity contribution in [2.24, 2.45) is 0 Å². The molecule has 174 valence electrons. The molecule has 0 unspecified atom stereocenters. The van der Waals surface area contributed by atoms with Crippen LogP contribution in [0.4, 0.5) is 0 Å². The Balaban J connectivity index is 1.32. The number of carbonyl (C=O) groups is 1. The summed E-state index contributed by atoms with van der Waals surface area (Å²) in [7, 11) is 0. The van der Waals surface area contributed by atoms with Crippen molar-refractivity contribution in [2.45, 2.75) is 20.0 Å². The van der Waals surface area contributed by atoms with E-state index in [1.807, 2.05) is 66.7 Å². The number of rotatable bonds is 6. The highest BCUT2D eigenvalue weighted by Crippen LogP contribution is 2.30. The van der Waals surface area contributed by atoms with Crippen molar-refractivity contribution >= 4 is 27.6 Å². The van der Waals surface area contributed by atoms with Gasteiger partial charge < -0.3 is 15.0 Å². The van der Waals surface area contributed by atoms with Crippen molar-refractivity contribution in [1.82, 2.24) is 14.9 Å². The fourth-order valence-corrected chi connectivity index (χ4v) is 4.10. The van der Waals surface area contributed by atoms with Crippen LogP contribution in [-0.4, -0.2) is 15.5 Å². The number of hydrogen-bond donors (Lipinski definition) is 2. The second kappa shape index (κ2) is 9.30. The summed E-state index contributed by atoms with van der Waals surface area (Å²) in [5, 5.41) is 5.36. The highest BCUT2D eigenvalue weighted by atomic mass is 16.5. The van der Waals surface area contributed by atoms with E-state index in [1.54, 1.807) is 19.1 Å². The summed E-state index contributed by atoms with van der Waals surface area (Å²) < 4.78 is 7.26. The maximum Gasteiger partial charge on any atom is 0.328 e. The van der Waals surface area contributed by atoms with Crippen molar-refractivity contribution in [3.8, 4) is 11.5 Å². The molecule has 0 atom stereocenters. The van der Waals surface area contributed by atoms with Crippen LogP contribution in [0, 0.1) is 0 Å². The maximum atomic E-state index is 12.8. The van der Waals surface area contributed by atoms with Crippen LogP contribution in [0.3, 0.4) is 0 Å². The molecule has 2 N–H and O–H groups in total. The van der Waals surface area contributed by atoms with E-state index in [9.17, 15) is 14.4 Å². The van der Waals surface area contributed by atoms with Gasteiger partial charge in [-0.3, -0.25) is 14.2 Å². The lowest BCUT2D eigenvalue weighted by molar-refractivity contribution is 0.0951. The van der Waals surface area contributed by atoms with Gasteiger partial charge in [0.15, 0.2) is 0 Å². The summed E-state index contributed by atoms with van der Waals surface area (Å²) in [4.78, 5) is 40.0. The van der Waals surface area contributed by atoms with Crippen LogP contribution >= 0.6 is 0 Å². The number of fused-ring (bicyclic) bond motifs is 2. The molecule has 0 aliphatic carbocycles. The van der Waals surface area contributed by atoms with Gasteiger partial charge in [-0.1, -0.05) is 48.5 Å². The summed E-state index contributed by atoms with van der Waals surface area (Å²) in [5.74, 6) is 1.12. The highest BCUT2D eigenvalue weighted by Gasteiger charge is 2.11. The van der Waals surface area contributed by atoms with Crippen LogP contribution in [-0.2, 0) is 13.1 Å². The van der Waals surface area contributed by atoms with Gasteiger partial charge in [-0.05, 0) is 54.3 Å². The summed E-state index contributed by atoms with van der Waals surface area (Å²) in [5.41, 5.74) is 0.690. The number of nitrogens with one attached hydrogen (secondary N) is 2. The van der Waals surface area contributed by atoms with Crippen LogP contribution in [0.1, 0.15) is 22.8 Å². The molecule has 0 saturated heterocycles. The first-order valence-electron chi connectivity index (χ1n) is 11.3. The molecule has 5 rings (SSSR count). The molecule has 4 aromatic carbocycles. The van der Waals surface area contributed by atoms with Gasteiger partial charge in [-0.25, -0.2) is 4.79 Å². The van der Waals surface area contributed by atoms with Crippen molar-refractivity contribution in [3.05, 3.63) is 117 Å². The van der Waals surface area contributed by atoms with E-state index in [4.69, 9.17) is 4.74 Å². The van der Waals surface area contributed by atoms with Gasteiger partial charge in [0, 0.05) is 24.0 Å². The minimum Gasteiger partial charge on any atom is -0.457 e. The zero-order valence-corrected chi connectivity index (χ0v) is 19.1. The van der Waals surface area contributed by atoms with E-state index in [1.165, 1.54) is 6.07 Å². The molecule has 7 nitrogen and oxygen atoms in total. The van der Waals surface area contributed by atoms with Crippen molar-refractivity contribution in [3.63, 3.8) is 0 Å². The zero-order chi connectivity index (χ0) is 24.4. The number of amides is 1. The van der Waals surface area contributed by atoms with Gasteiger partial charge in [0.25, 0.3) is 11.5 Å². The third-order valence-electron chi connectivity index (χ3n) is 5.89. The first kappa shape index (κ1) is 22.2. The Kier molecular flexibility index (Phi) is 5.89. The molecule has 0 saturated carbocycles. The van der Waals surface area contributed by atoms with E-state index in [0.29, 0.717) is 22.2 Å². The quantitative estimate of drug-likeness (QED) is 0.384. The Labute approximate surface area is 200 Å². The van der Waals surface area contributed by atoms with Gasteiger partial charge in [0.2, 0.25) is 0 Å². The molecule has 1 aromatic heterocycles. The Morgan fingerprint density at radius 2 is 1.71 bits per heavy atom. The molecule has 35 heavy (non-hydrogen) atoms. The zero-order valence-electron chi connectivity index (χ0n) is 19.1. The molecule has 1 heterocycles. The fourth-order valence-electron chi connectivity index (χ4n) is 4.10. The predicted molar refractivity (Wildman–Crippen MR) is 136 cm³/mol. The molecule has 5 aromatic rings. The van der Waals surface area contributed by atoms with Crippen molar-refractivity contribution < 1.29 is 9.53 Å². The molecule has 0 aliphatic rings. The molecule has 0 bridgehead atoms. The molecule has 0 fully saturated rings. The molecule has 7 heteroatoms. The van der Waals surface area contributed by atoms with E-state index in [-0.39, 0.29) is 24.6 Å². The molecule has 0 aliphatic heterocycles. The number of aromatic amines is 1. The van der Waals surface area contributed by atoms with E-state index >= 15 is 0 Å². The molecular formula is C28H23N3O4. The molecular weight excluding hydrogens is 442 g/mol. The lowest BCUT2D eigenvalue weighted by Crippen LogP contribution is -2.34. The first-order valence-corrected chi connectivity index (χ1v) is 11.3. The SMILES string of the molecule is CCn1c(=O)[nH]c2cc(C(=O)NCc3cccc(Oc4cccc5ccccc45)c3)ccc2c1=O. The number of aromatic nitrogens is 2. The standard InChI is InChI=1S/C28H23N3O4/c1-2-31-27(33)23-14-13-20(16-24(23)30-28(31)34)26(32)29-17-18-7-5-10-21(15-18)35-25-12-6-9-19-8-3-4-11-22(19)25/h3-16H,2,17H2,1H3,(H,29,32)(H,30,34). The lowest BCUT2D eigenvalue weighted by Gasteiger charge is -2.11. The maximum absolute atomic E-state index is 12.8. The summed E-state index contributed by atoms with van der Waals surface area (Å²) in [6.07, 6.45) is 0. The average Bonchev–Trinajstić information content (AvgIpc) is 2.87. The monoisotopic (exact) mass is 465 g/mol. The summed E-state index contributed by atoms with van der Waals surface area (Å²) >= 11 is 0. The Hall–Kier alpha value is -4.65. The second-order valence-corrected chi connectivity index (χ2v) is 8.15. The van der Waals surface area contributed by atoms with Gasteiger partial charge in [0.05, 0.1) is 10.9 Å². The number of hydrogen-bond acceptors (Lipinski definition) is 4. The third-order valence-corrected chi connectivity index (χ3v) is 5.89. The summed E-state index contributed by atoms with van der Waals surface area (Å²) in [6.45, 7) is 2.29. The largest absolute Gasteiger partial charge is 0.457 e. The number of nitrogens with zero attached hydrogens (tertiary/aromatic N) is 1. The van der Waals surface area contributed by atoms with Crippen LogP contribution in [0.25, 0.3) is 21.7 Å². The van der Waals surface area contributed by atoms with Gasteiger partial charge >= 0.3 is 5.69 Å². The first-order chi connectivity index (χ1) is 17.0. The number of benzene rings is 4. The van der Waals surface area contributed by atoms with E-state index in [2.05, 4.69) is 10.3 Å². The minimum atomic E-state index is -0.495. The van der Waals surface area contributed by atoms with Crippen LogP contribution in [0.5, 0.6) is 11.5 Å². The molecule has 0 spiro atoms. The van der Waals surface area contributed by atoms with Gasteiger partial charge in [0.1, 0.15) is 11.5 Å². The highest BCUT2D eigenvalue weighted by molar-refractivity contribution is 5.97. The Bertz CT molecular complexity index is 1680. The summed E-state index contributed by atoms with van der Waals surface area (Å²) in [6, 6.07) is 26.1. The van der Waals surface area contributed by atoms with Crippen LogP contribution < -0.4 is 21.3 Å². The number of carbonyl (C=O) groups excluding carboxylic acids is 1. The van der Waals surface area contributed by atoms with Crippen molar-refractivity contribution in [1.29, 1.82) is 0 Å². The average molecular weight is 466 g/mol. The van der Waals surface area contributed by atoms with Crippen LogP contribution in [0.2, 0.25) is 0 Å².